The van der Waals surface area contributed by atoms with Gasteiger partial charge < -0.3 is 24.1 Å². The fourth-order valence-corrected chi connectivity index (χ4v) is 4.28. The first-order chi connectivity index (χ1) is 17.0. The molecular formula is C25H29ClN4O5. The number of carbonyl (C=O) groups excluding carboxylic acids is 1. The predicted molar refractivity (Wildman–Crippen MR) is 131 cm³/mol. The third kappa shape index (κ3) is 6.04. The Morgan fingerprint density at radius 2 is 1.74 bits per heavy atom. The van der Waals surface area contributed by atoms with Gasteiger partial charge in [-0.3, -0.25) is 9.69 Å². The van der Waals surface area contributed by atoms with E-state index in [1.54, 1.807) is 33.5 Å². The Morgan fingerprint density at radius 3 is 2.34 bits per heavy atom. The van der Waals surface area contributed by atoms with Crippen LogP contribution in [0.15, 0.2) is 40.9 Å². The van der Waals surface area contributed by atoms with E-state index in [9.17, 15) is 4.79 Å². The summed E-state index contributed by atoms with van der Waals surface area (Å²) in [5, 5.41) is 7.77. The highest BCUT2D eigenvalue weighted by Gasteiger charge is 2.26. The average molecular weight is 501 g/mol. The Kier molecular flexibility index (Phi) is 8.09. The predicted octanol–water partition coefficient (Wildman–Crippen LogP) is 3.94. The van der Waals surface area contributed by atoms with Crippen LogP contribution >= 0.6 is 11.6 Å². The Morgan fingerprint density at radius 1 is 1.09 bits per heavy atom. The molecule has 0 radical (unpaired) electrons. The maximum absolute atomic E-state index is 12.8. The van der Waals surface area contributed by atoms with Crippen molar-refractivity contribution in [3.63, 3.8) is 0 Å². The number of halogens is 1. The first-order valence-electron chi connectivity index (χ1n) is 11.4. The van der Waals surface area contributed by atoms with Crippen molar-refractivity contribution in [2.24, 2.45) is 5.92 Å². The van der Waals surface area contributed by atoms with Gasteiger partial charge in [0.05, 0.1) is 27.9 Å². The van der Waals surface area contributed by atoms with Crippen LogP contribution in [0.5, 0.6) is 17.2 Å². The molecule has 9 nitrogen and oxygen atoms in total. The van der Waals surface area contributed by atoms with Gasteiger partial charge in [0.25, 0.3) is 0 Å². The van der Waals surface area contributed by atoms with Gasteiger partial charge in [0.2, 0.25) is 23.4 Å². The molecule has 1 aliphatic heterocycles. The SMILES string of the molecule is COc1cc(CNC(=O)C2CCN(Cc3nc(-c4ccc(Cl)cc4)no3)CC2)cc(OC)c1OC. The van der Waals surface area contributed by atoms with E-state index in [-0.39, 0.29) is 11.8 Å². The summed E-state index contributed by atoms with van der Waals surface area (Å²) in [4.78, 5) is 19.5. The van der Waals surface area contributed by atoms with E-state index in [1.807, 2.05) is 24.3 Å². The first kappa shape index (κ1) is 24.8. The third-order valence-electron chi connectivity index (χ3n) is 6.08. The molecule has 4 rings (SSSR count). The molecule has 1 aliphatic rings. The number of ether oxygens (including phenoxy) is 3. The molecule has 1 amide bonds. The first-order valence-corrected chi connectivity index (χ1v) is 11.8. The molecule has 35 heavy (non-hydrogen) atoms. The number of hydrogen-bond acceptors (Lipinski definition) is 8. The van der Waals surface area contributed by atoms with Crippen molar-refractivity contribution in [2.45, 2.75) is 25.9 Å². The number of aromatic nitrogens is 2. The standard InChI is InChI=1S/C25H29ClN4O5/c1-32-20-12-16(13-21(33-2)23(20)34-3)14-27-25(31)18-8-10-30(11-9-18)15-22-28-24(29-35-22)17-4-6-19(26)7-5-17/h4-7,12-13,18H,8-11,14-15H2,1-3H3,(H,27,31). The summed E-state index contributed by atoms with van der Waals surface area (Å²) >= 11 is 5.94. The zero-order valence-electron chi connectivity index (χ0n) is 20.0. The van der Waals surface area contributed by atoms with E-state index in [4.69, 9.17) is 30.3 Å². The lowest BCUT2D eigenvalue weighted by atomic mass is 9.96. The van der Waals surface area contributed by atoms with Crippen LogP contribution < -0.4 is 19.5 Å². The highest BCUT2D eigenvalue weighted by molar-refractivity contribution is 6.30. The van der Waals surface area contributed by atoms with Crippen molar-refractivity contribution in [3.05, 3.63) is 52.9 Å². The summed E-state index contributed by atoms with van der Waals surface area (Å²) in [5.74, 6) is 2.74. The van der Waals surface area contributed by atoms with Crippen LogP contribution in [-0.4, -0.2) is 55.4 Å². The van der Waals surface area contributed by atoms with Gasteiger partial charge in [-0.25, -0.2) is 0 Å². The quantitative estimate of drug-likeness (QED) is 0.471. The topological polar surface area (TPSA) is 99.0 Å². The average Bonchev–Trinajstić information content (AvgIpc) is 3.35. The molecule has 2 aromatic carbocycles. The minimum absolute atomic E-state index is 0.0411. The summed E-state index contributed by atoms with van der Waals surface area (Å²) in [6.45, 7) is 2.49. The minimum Gasteiger partial charge on any atom is -0.493 e. The summed E-state index contributed by atoms with van der Waals surface area (Å²) < 4.78 is 21.6. The van der Waals surface area contributed by atoms with Crippen LogP contribution in [-0.2, 0) is 17.9 Å². The lowest BCUT2D eigenvalue weighted by molar-refractivity contribution is -0.126. The van der Waals surface area contributed by atoms with E-state index in [1.165, 1.54) is 0 Å². The van der Waals surface area contributed by atoms with Gasteiger partial charge >= 0.3 is 0 Å². The molecular weight excluding hydrogens is 472 g/mol. The summed E-state index contributed by atoms with van der Waals surface area (Å²) in [5.41, 5.74) is 1.73. The molecule has 1 saturated heterocycles. The van der Waals surface area contributed by atoms with Gasteiger partial charge in [-0.2, -0.15) is 4.98 Å². The van der Waals surface area contributed by atoms with Crippen molar-refractivity contribution in [3.8, 4) is 28.6 Å². The molecule has 186 valence electrons. The van der Waals surface area contributed by atoms with Gasteiger partial charge in [-0.05, 0) is 67.9 Å². The minimum atomic E-state index is -0.0411. The molecule has 0 aliphatic carbocycles. The lowest BCUT2D eigenvalue weighted by Crippen LogP contribution is -2.40. The fraction of sp³-hybridized carbons (Fsp3) is 0.400. The van der Waals surface area contributed by atoms with Crippen molar-refractivity contribution < 1.29 is 23.5 Å². The molecule has 1 fully saturated rings. The van der Waals surface area contributed by atoms with Gasteiger partial charge in [-0.1, -0.05) is 16.8 Å². The van der Waals surface area contributed by atoms with Crippen molar-refractivity contribution in [1.82, 2.24) is 20.4 Å². The monoisotopic (exact) mass is 500 g/mol. The molecule has 1 aromatic heterocycles. The second-order valence-corrected chi connectivity index (χ2v) is 8.76. The molecule has 0 bridgehead atoms. The number of likely N-dealkylation sites (tertiary alicyclic amines) is 1. The Balaban J connectivity index is 1.27. The van der Waals surface area contributed by atoms with E-state index >= 15 is 0 Å². The molecule has 3 aromatic rings. The number of methoxy groups -OCH3 is 3. The van der Waals surface area contributed by atoms with Crippen molar-refractivity contribution >= 4 is 17.5 Å². The summed E-state index contributed by atoms with van der Waals surface area (Å²) in [7, 11) is 4.70. The van der Waals surface area contributed by atoms with Crippen LogP contribution in [0.4, 0.5) is 0 Å². The number of amides is 1. The number of piperidine rings is 1. The van der Waals surface area contributed by atoms with Gasteiger partial charge in [0.15, 0.2) is 11.5 Å². The number of nitrogens with one attached hydrogen (secondary N) is 1. The van der Waals surface area contributed by atoms with Crippen LogP contribution in [0.1, 0.15) is 24.3 Å². The van der Waals surface area contributed by atoms with E-state index in [2.05, 4.69) is 20.4 Å². The zero-order valence-corrected chi connectivity index (χ0v) is 20.8. The van der Waals surface area contributed by atoms with E-state index in [0.717, 1.165) is 37.1 Å². The Bertz CT molecular complexity index is 1120. The molecule has 0 saturated carbocycles. The summed E-state index contributed by atoms with van der Waals surface area (Å²) in [6, 6.07) is 11.0. The van der Waals surface area contributed by atoms with Crippen LogP contribution in [0.3, 0.4) is 0 Å². The Labute approximate surface area is 209 Å². The van der Waals surface area contributed by atoms with Crippen molar-refractivity contribution in [2.75, 3.05) is 34.4 Å². The van der Waals surface area contributed by atoms with Crippen LogP contribution in [0.25, 0.3) is 11.4 Å². The summed E-state index contributed by atoms with van der Waals surface area (Å²) in [6.07, 6.45) is 1.53. The number of carbonyl (C=O) groups is 1. The van der Waals surface area contributed by atoms with Crippen molar-refractivity contribution in [1.29, 1.82) is 0 Å². The number of rotatable bonds is 9. The lowest BCUT2D eigenvalue weighted by Gasteiger charge is -2.30. The maximum Gasteiger partial charge on any atom is 0.241 e. The Hall–Kier alpha value is -3.30. The smallest absolute Gasteiger partial charge is 0.241 e. The molecule has 1 N–H and O–H groups in total. The number of nitrogens with zero attached hydrogens (tertiary/aromatic N) is 3. The second kappa shape index (κ2) is 11.4. The van der Waals surface area contributed by atoms with Crippen LogP contribution in [0, 0.1) is 5.92 Å². The molecule has 0 spiro atoms. The van der Waals surface area contributed by atoms with Gasteiger partial charge in [0.1, 0.15) is 0 Å². The largest absolute Gasteiger partial charge is 0.493 e. The highest BCUT2D eigenvalue weighted by atomic mass is 35.5. The van der Waals surface area contributed by atoms with Gasteiger partial charge in [0, 0.05) is 23.0 Å². The molecule has 0 unspecified atom stereocenters. The number of benzene rings is 2. The maximum atomic E-state index is 12.8. The third-order valence-corrected chi connectivity index (χ3v) is 6.33. The van der Waals surface area contributed by atoms with Crippen LogP contribution in [0.2, 0.25) is 5.02 Å². The van der Waals surface area contributed by atoms with Gasteiger partial charge in [-0.15, -0.1) is 0 Å². The second-order valence-electron chi connectivity index (χ2n) is 8.32. The highest BCUT2D eigenvalue weighted by Crippen LogP contribution is 2.38. The molecule has 10 heteroatoms. The normalized spacial score (nSPS) is 14.5. The van der Waals surface area contributed by atoms with E-state index < -0.39 is 0 Å². The zero-order chi connectivity index (χ0) is 24.8. The molecule has 0 atom stereocenters. The fourth-order valence-electron chi connectivity index (χ4n) is 4.15. The molecule has 2 heterocycles. The van der Waals surface area contributed by atoms with E-state index in [0.29, 0.717) is 47.1 Å². The number of hydrogen-bond donors (Lipinski definition) is 1.